The minimum absolute atomic E-state index is 0.867. The summed E-state index contributed by atoms with van der Waals surface area (Å²) in [4.78, 5) is 10.9. The van der Waals surface area contributed by atoms with E-state index in [4.69, 9.17) is 9.97 Å². The van der Waals surface area contributed by atoms with Crippen molar-refractivity contribution < 1.29 is 0 Å². The average molecular weight is 774 g/mol. The molecule has 282 valence electrons. The first-order valence-corrected chi connectivity index (χ1v) is 20.9. The molecule has 2 aromatic heterocycles. The zero-order chi connectivity index (χ0) is 40.0. The highest BCUT2D eigenvalue weighted by atomic mass is 15.0. The summed E-state index contributed by atoms with van der Waals surface area (Å²) in [6.45, 7) is 0. The van der Waals surface area contributed by atoms with Gasteiger partial charge in [0.2, 0.25) is 0 Å². The van der Waals surface area contributed by atoms with Crippen molar-refractivity contribution in [2.24, 2.45) is 0 Å². The van der Waals surface area contributed by atoms with Gasteiger partial charge in [-0.25, -0.2) is 9.97 Å². The molecule has 3 heteroatoms. The predicted molar refractivity (Wildman–Crippen MR) is 258 cm³/mol. The van der Waals surface area contributed by atoms with Gasteiger partial charge in [-0.05, 0) is 114 Å². The standard InChI is InChI=1S/C58H35N3/c1-2-14-36(15-3-1)39-27-30-55-50(33-39)51-32-37-16-4-5-17-38(37)35-56(51)61(55)54-31-29-48(45-22-10-11-23-47(45)54)58-57(59-52-24-12-13-25-53(52)60-58)40-26-28-46-43-20-7-6-18-41(43)42-19-8-9-21-44(42)49(46)34-40/h1-35H. The van der Waals surface area contributed by atoms with Crippen molar-refractivity contribution in [2.45, 2.75) is 0 Å². The molecule has 0 N–H and O–H groups in total. The summed E-state index contributed by atoms with van der Waals surface area (Å²) in [6.07, 6.45) is 0. The molecule has 0 bridgehead atoms. The number of aromatic nitrogens is 3. The highest BCUT2D eigenvalue weighted by Crippen LogP contribution is 2.43. The zero-order valence-corrected chi connectivity index (χ0v) is 33.0. The minimum Gasteiger partial charge on any atom is -0.309 e. The minimum atomic E-state index is 0.867. The molecule has 13 aromatic rings. The lowest BCUT2D eigenvalue weighted by atomic mass is 9.91. The molecule has 3 nitrogen and oxygen atoms in total. The number of nitrogens with zero attached hydrogens (tertiary/aromatic N) is 3. The molecule has 0 saturated carbocycles. The van der Waals surface area contributed by atoms with Gasteiger partial charge in [-0.1, -0.05) is 158 Å². The molecule has 0 spiro atoms. The summed E-state index contributed by atoms with van der Waals surface area (Å²) < 4.78 is 2.46. The van der Waals surface area contributed by atoms with Gasteiger partial charge in [0.25, 0.3) is 0 Å². The van der Waals surface area contributed by atoms with Gasteiger partial charge >= 0.3 is 0 Å². The quantitative estimate of drug-likeness (QED) is 0.167. The summed E-state index contributed by atoms with van der Waals surface area (Å²) in [7, 11) is 0. The van der Waals surface area contributed by atoms with Gasteiger partial charge in [-0.2, -0.15) is 0 Å². The Morgan fingerprint density at radius 1 is 0.279 bits per heavy atom. The van der Waals surface area contributed by atoms with Gasteiger partial charge in [-0.3, -0.25) is 0 Å². The fourth-order valence-electron chi connectivity index (χ4n) is 9.90. The fraction of sp³-hybridized carbons (Fsp3) is 0. The van der Waals surface area contributed by atoms with E-state index in [2.05, 4.69) is 205 Å². The van der Waals surface area contributed by atoms with Crippen LogP contribution < -0.4 is 0 Å². The van der Waals surface area contributed by atoms with E-state index in [-0.39, 0.29) is 0 Å². The van der Waals surface area contributed by atoms with E-state index in [1.165, 1.54) is 76.0 Å². The van der Waals surface area contributed by atoms with Crippen LogP contribution in [0.2, 0.25) is 0 Å². The molecule has 2 heterocycles. The smallest absolute Gasteiger partial charge is 0.0979 e. The molecular formula is C58H35N3. The van der Waals surface area contributed by atoms with Crippen molar-refractivity contribution in [1.29, 1.82) is 0 Å². The molecule has 0 aliphatic rings. The molecule has 0 atom stereocenters. The predicted octanol–water partition coefficient (Wildman–Crippen LogP) is 15.5. The number of hydrogen-bond donors (Lipinski definition) is 0. The lowest BCUT2D eigenvalue weighted by Crippen LogP contribution is -1.99. The first kappa shape index (κ1) is 33.8. The summed E-state index contributed by atoms with van der Waals surface area (Å²) in [6, 6.07) is 76.9. The number of fused-ring (bicyclic) bond motifs is 12. The molecule has 0 radical (unpaired) electrons. The monoisotopic (exact) mass is 773 g/mol. The number of benzene rings is 11. The van der Waals surface area contributed by atoms with Crippen molar-refractivity contribution in [3.63, 3.8) is 0 Å². The van der Waals surface area contributed by atoms with Crippen LogP contribution in [0.3, 0.4) is 0 Å². The second-order valence-electron chi connectivity index (χ2n) is 16.1. The van der Waals surface area contributed by atoms with E-state index in [9.17, 15) is 0 Å². The topological polar surface area (TPSA) is 30.7 Å². The van der Waals surface area contributed by atoms with Crippen LogP contribution in [0.4, 0.5) is 0 Å². The van der Waals surface area contributed by atoms with Crippen LogP contribution in [0, 0.1) is 0 Å². The molecule has 0 aliphatic carbocycles. The Balaban J connectivity index is 1.07. The Morgan fingerprint density at radius 3 is 1.52 bits per heavy atom. The van der Waals surface area contributed by atoms with E-state index >= 15 is 0 Å². The van der Waals surface area contributed by atoms with Crippen LogP contribution in [-0.2, 0) is 0 Å². The Morgan fingerprint density at radius 2 is 0.803 bits per heavy atom. The molecule has 11 aromatic carbocycles. The Kier molecular flexibility index (Phi) is 7.31. The van der Waals surface area contributed by atoms with E-state index in [1.807, 2.05) is 12.1 Å². The second-order valence-corrected chi connectivity index (χ2v) is 16.1. The maximum Gasteiger partial charge on any atom is 0.0979 e. The Labute approximate surface area is 351 Å². The molecule has 0 aliphatic heterocycles. The van der Waals surface area contributed by atoms with Gasteiger partial charge in [0.1, 0.15) is 0 Å². The molecule has 0 fully saturated rings. The van der Waals surface area contributed by atoms with Gasteiger partial charge in [0.15, 0.2) is 0 Å². The molecule has 0 amide bonds. The van der Waals surface area contributed by atoms with Crippen LogP contribution >= 0.6 is 0 Å². The summed E-state index contributed by atoms with van der Waals surface area (Å²) >= 11 is 0. The third-order valence-corrected chi connectivity index (χ3v) is 12.7. The van der Waals surface area contributed by atoms with Crippen molar-refractivity contribution in [3.05, 3.63) is 212 Å². The summed E-state index contributed by atoms with van der Waals surface area (Å²) in [5, 5.41) is 14.6. The first-order chi connectivity index (χ1) is 30.2. The number of hydrogen-bond acceptors (Lipinski definition) is 2. The normalized spacial score (nSPS) is 11.9. The highest BCUT2D eigenvalue weighted by molar-refractivity contribution is 6.26. The van der Waals surface area contributed by atoms with Gasteiger partial charge in [0, 0.05) is 27.3 Å². The third-order valence-electron chi connectivity index (χ3n) is 12.7. The lowest BCUT2D eigenvalue weighted by molar-refractivity contribution is 1.20. The van der Waals surface area contributed by atoms with Crippen molar-refractivity contribution >= 4 is 86.7 Å². The van der Waals surface area contributed by atoms with Gasteiger partial charge in [0.05, 0.1) is 39.1 Å². The SMILES string of the molecule is c1ccc(-c2ccc3c(c2)c2cc4ccccc4cc2n3-c2ccc(-c3nc4ccccc4nc3-c3ccc4c5ccccc5c5ccccc5c4c3)c3ccccc23)cc1. The van der Waals surface area contributed by atoms with Crippen molar-refractivity contribution in [1.82, 2.24) is 14.5 Å². The van der Waals surface area contributed by atoms with E-state index in [0.717, 1.165) is 50.0 Å². The van der Waals surface area contributed by atoms with Crippen LogP contribution in [0.5, 0.6) is 0 Å². The average Bonchev–Trinajstić information content (AvgIpc) is 3.64. The molecule has 61 heavy (non-hydrogen) atoms. The van der Waals surface area contributed by atoms with E-state index in [1.54, 1.807) is 0 Å². The number of para-hydroxylation sites is 2. The summed E-state index contributed by atoms with van der Waals surface area (Å²) in [5.41, 5.74) is 11.5. The van der Waals surface area contributed by atoms with Gasteiger partial charge in [-0.15, -0.1) is 0 Å². The van der Waals surface area contributed by atoms with Crippen LogP contribution in [0.25, 0.3) is 126 Å². The largest absolute Gasteiger partial charge is 0.309 e. The number of rotatable bonds is 4. The third kappa shape index (κ3) is 5.17. The Bertz CT molecular complexity index is 3900. The molecular weight excluding hydrogens is 739 g/mol. The van der Waals surface area contributed by atoms with Crippen LogP contribution in [0.1, 0.15) is 0 Å². The molecule has 0 unspecified atom stereocenters. The summed E-state index contributed by atoms with van der Waals surface area (Å²) in [5.74, 6) is 0. The molecule has 0 saturated heterocycles. The van der Waals surface area contributed by atoms with Gasteiger partial charge < -0.3 is 4.57 Å². The highest BCUT2D eigenvalue weighted by Gasteiger charge is 2.21. The second kappa shape index (κ2) is 13.2. The van der Waals surface area contributed by atoms with E-state index < -0.39 is 0 Å². The molecule has 13 rings (SSSR count). The van der Waals surface area contributed by atoms with E-state index in [0.29, 0.717) is 0 Å². The van der Waals surface area contributed by atoms with Crippen LogP contribution in [0.15, 0.2) is 212 Å². The van der Waals surface area contributed by atoms with Crippen LogP contribution in [-0.4, -0.2) is 14.5 Å². The zero-order valence-electron chi connectivity index (χ0n) is 33.0. The van der Waals surface area contributed by atoms with Crippen molar-refractivity contribution in [2.75, 3.05) is 0 Å². The maximum absolute atomic E-state index is 5.46. The fourth-order valence-corrected chi connectivity index (χ4v) is 9.90. The Hall–Kier alpha value is -8.14. The van der Waals surface area contributed by atoms with Crippen molar-refractivity contribution in [3.8, 4) is 39.3 Å². The first-order valence-electron chi connectivity index (χ1n) is 20.9. The maximum atomic E-state index is 5.46. The lowest BCUT2D eigenvalue weighted by Gasteiger charge is -2.17.